The molecule has 1 saturated carbocycles. The lowest BCUT2D eigenvalue weighted by Crippen LogP contribution is -2.27. The topological polar surface area (TPSA) is 59.8 Å². The van der Waals surface area contributed by atoms with Gasteiger partial charge in [-0.25, -0.2) is 14.4 Å². The number of carbonyl (C=O) groups is 1. The van der Waals surface area contributed by atoms with Gasteiger partial charge in [0.25, 0.3) is 0 Å². The number of imidazole rings is 1. The molecule has 0 bridgehead atoms. The van der Waals surface area contributed by atoms with Crippen molar-refractivity contribution < 1.29 is 9.18 Å². The lowest BCUT2D eigenvalue weighted by atomic mass is 9.82. The highest BCUT2D eigenvalue weighted by molar-refractivity contribution is 5.93. The molecule has 1 N–H and O–H groups in total. The van der Waals surface area contributed by atoms with Crippen molar-refractivity contribution in [1.82, 2.24) is 14.5 Å². The van der Waals surface area contributed by atoms with E-state index < -0.39 is 0 Å². The fraction of sp³-hybridized carbons (Fsp3) is 0.458. The minimum Gasteiger partial charge on any atom is -0.328 e. The molecule has 1 fully saturated rings. The fourth-order valence-electron chi connectivity index (χ4n) is 4.46. The molecule has 1 aliphatic rings. The number of hydrogen-bond donors (Lipinski definition) is 1. The summed E-state index contributed by atoms with van der Waals surface area (Å²) in [4.78, 5) is 21.4. The number of hydrogen-bond acceptors (Lipinski definition) is 3. The van der Waals surface area contributed by atoms with E-state index in [9.17, 15) is 9.18 Å². The Morgan fingerprint density at radius 3 is 2.77 bits per heavy atom. The second-order valence-electron chi connectivity index (χ2n) is 8.91. The standard InChI is InChI=1S/C24H29FN4O/c1-14(2)29-13-27-23-20(25)9-18(10-21(23)29)19-11-22(26-12-16(19)4)28-24(30)17-7-5-6-15(3)8-17/h9-15,17H,5-8H2,1-4H3,(H,26,28,30). The van der Waals surface area contributed by atoms with E-state index in [4.69, 9.17) is 0 Å². The van der Waals surface area contributed by atoms with Crippen LogP contribution >= 0.6 is 0 Å². The number of halogens is 1. The van der Waals surface area contributed by atoms with Crippen LogP contribution in [0, 0.1) is 24.6 Å². The van der Waals surface area contributed by atoms with Gasteiger partial charge >= 0.3 is 0 Å². The Morgan fingerprint density at radius 1 is 1.23 bits per heavy atom. The SMILES string of the molecule is Cc1cnc(NC(=O)C2CCCC(C)C2)cc1-c1cc(F)c2ncn(C(C)C)c2c1. The van der Waals surface area contributed by atoms with Gasteiger partial charge in [0.05, 0.1) is 11.8 Å². The lowest BCUT2D eigenvalue weighted by Gasteiger charge is -2.25. The van der Waals surface area contributed by atoms with Crippen LogP contribution in [0.4, 0.5) is 10.2 Å². The molecule has 0 aliphatic heterocycles. The van der Waals surface area contributed by atoms with E-state index in [1.54, 1.807) is 12.5 Å². The van der Waals surface area contributed by atoms with Crippen molar-refractivity contribution in [2.75, 3.05) is 5.32 Å². The van der Waals surface area contributed by atoms with Crippen molar-refractivity contribution in [2.45, 2.75) is 59.4 Å². The molecule has 30 heavy (non-hydrogen) atoms. The molecule has 1 aliphatic carbocycles. The first kappa shape index (κ1) is 20.5. The van der Waals surface area contributed by atoms with Gasteiger partial charge in [0.15, 0.2) is 5.82 Å². The van der Waals surface area contributed by atoms with Crippen LogP contribution in [0.15, 0.2) is 30.7 Å². The van der Waals surface area contributed by atoms with Crippen molar-refractivity contribution in [3.63, 3.8) is 0 Å². The second-order valence-corrected chi connectivity index (χ2v) is 8.91. The van der Waals surface area contributed by atoms with Crippen LogP contribution in [0.5, 0.6) is 0 Å². The zero-order valence-corrected chi connectivity index (χ0v) is 18.1. The maximum Gasteiger partial charge on any atom is 0.228 e. The number of pyridine rings is 1. The predicted octanol–water partition coefficient (Wildman–Crippen LogP) is 5.89. The maximum absolute atomic E-state index is 14.8. The number of aryl methyl sites for hydroxylation is 1. The molecule has 0 saturated heterocycles. The Labute approximate surface area is 176 Å². The van der Waals surface area contributed by atoms with Crippen molar-refractivity contribution in [3.8, 4) is 11.1 Å². The zero-order chi connectivity index (χ0) is 21.4. The number of benzene rings is 1. The van der Waals surface area contributed by atoms with Gasteiger partial charge in [0, 0.05) is 18.2 Å². The van der Waals surface area contributed by atoms with Gasteiger partial charge in [0.1, 0.15) is 11.3 Å². The Kier molecular flexibility index (Phi) is 5.58. The van der Waals surface area contributed by atoms with Gasteiger partial charge in [0.2, 0.25) is 5.91 Å². The summed E-state index contributed by atoms with van der Waals surface area (Å²) in [5.74, 6) is 0.811. The van der Waals surface area contributed by atoms with E-state index in [1.807, 2.05) is 37.5 Å². The summed E-state index contributed by atoms with van der Waals surface area (Å²) in [5, 5.41) is 2.98. The van der Waals surface area contributed by atoms with Crippen LogP contribution in [-0.2, 0) is 4.79 Å². The van der Waals surface area contributed by atoms with Crippen molar-refractivity contribution >= 4 is 22.8 Å². The summed E-state index contributed by atoms with van der Waals surface area (Å²) >= 11 is 0. The van der Waals surface area contributed by atoms with E-state index in [0.29, 0.717) is 17.3 Å². The number of carbonyl (C=O) groups excluding carboxylic acids is 1. The van der Waals surface area contributed by atoms with E-state index in [2.05, 4.69) is 22.2 Å². The van der Waals surface area contributed by atoms with Gasteiger partial charge in [-0.05, 0) is 74.4 Å². The van der Waals surface area contributed by atoms with Crippen molar-refractivity contribution in [2.24, 2.45) is 11.8 Å². The second kappa shape index (κ2) is 8.17. The molecule has 6 heteroatoms. The third-order valence-corrected chi connectivity index (χ3v) is 6.16. The lowest BCUT2D eigenvalue weighted by molar-refractivity contribution is -0.121. The quantitative estimate of drug-likeness (QED) is 0.585. The molecule has 1 aromatic carbocycles. The largest absolute Gasteiger partial charge is 0.328 e. The molecule has 158 valence electrons. The number of anilines is 1. The third-order valence-electron chi connectivity index (χ3n) is 6.16. The first-order valence-corrected chi connectivity index (χ1v) is 10.8. The van der Waals surface area contributed by atoms with E-state index in [0.717, 1.165) is 41.5 Å². The number of rotatable bonds is 4. The molecular weight excluding hydrogens is 379 g/mol. The van der Waals surface area contributed by atoms with Gasteiger partial charge < -0.3 is 9.88 Å². The predicted molar refractivity (Wildman–Crippen MR) is 118 cm³/mol. The minimum atomic E-state index is -0.347. The van der Waals surface area contributed by atoms with Crippen LogP contribution in [0.25, 0.3) is 22.2 Å². The van der Waals surface area contributed by atoms with Crippen LogP contribution in [0.1, 0.15) is 58.1 Å². The van der Waals surface area contributed by atoms with Gasteiger partial charge in [-0.3, -0.25) is 4.79 Å². The molecular formula is C24H29FN4O. The first-order chi connectivity index (χ1) is 14.3. The Morgan fingerprint density at radius 2 is 2.03 bits per heavy atom. The van der Waals surface area contributed by atoms with Gasteiger partial charge in [-0.1, -0.05) is 19.8 Å². The molecule has 2 unspecified atom stereocenters. The Bertz CT molecular complexity index is 1090. The minimum absolute atomic E-state index is 0.0309. The number of nitrogens with one attached hydrogen (secondary N) is 1. The molecule has 3 aromatic rings. The third kappa shape index (κ3) is 3.95. The van der Waals surface area contributed by atoms with Crippen LogP contribution in [-0.4, -0.2) is 20.4 Å². The van der Waals surface area contributed by atoms with E-state index in [-0.39, 0.29) is 23.7 Å². The van der Waals surface area contributed by atoms with Crippen molar-refractivity contribution in [1.29, 1.82) is 0 Å². The molecule has 2 atom stereocenters. The Balaban J connectivity index is 1.66. The summed E-state index contributed by atoms with van der Waals surface area (Å²) in [6, 6.07) is 5.49. The van der Waals surface area contributed by atoms with Gasteiger partial charge in [-0.2, -0.15) is 0 Å². The molecule has 2 aromatic heterocycles. The average molecular weight is 409 g/mol. The molecule has 1 amide bonds. The number of nitrogens with zero attached hydrogens (tertiary/aromatic N) is 3. The summed E-state index contributed by atoms with van der Waals surface area (Å²) in [6.45, 7) is 8.24. The summed E-state index contributed by atoms with van der Waals surface area (Å²) in [5.41, 5.74) is 3.67. The van der Waals surface area contributed by atoms with Crippen molar-refractivity contribution in [3.05, 3.63) is 42.1 Å². The number of amides is 1. The maximum atomic E-state index is 14.8. The van der Waals surface area contributed by atoms with Crippen LogP contribution in [0.2, 0.25) is 0 Å². The highest BCUT2D eigenvalue weighted by atomic mass is 19.1. The smallest absolute Gasteiger partial charge is 0.228 e. The van der Waals surface area contributed by atoms with E-state index in [1.165, 1.54) is 12.5 Å². The normalized spacial score (nSPS) is 19.4. The van der Waals surface area contributed by atoms with Crippen LogP contribution in [0.3, 0.4) is 0 Å². The van der Waals surface area contributed by atoms with Crippen LogP contribution < -0.4 is 5.32 Å². The van der Waals surface area contributed by atoms with Gasteiger partial charge in [-0.15, -0.1) is 0 Å². The molecule has 0 radical (unpaired) electrons. The summed E-state index contributed by atoms with van der Waals surface area (Å²) in [6.07, 6.45) is 7.54. The highest BCUT2D eigenvalue weighted by Gasteiger charge is 2.25. The molecule has 2 heterocycles. The number of aromatic nitrogens is 3. The zero-order valence-electron chi connectivity index (χ0n) is 18.1. The fourth-order valence-corrected chi connectivity index (χ4v) is 4.46. The molecule has 0 spiro atoms. The number of fused-ring (bicyclic) bond motifs is 1. The van der Waals surface area contributed by atoms with E-state index >= 15 is 0 Å². The average Bonchev–Trinajstić information content (AvgIpc) is 3.14. The molecule has 5 nitrogen and oxygen atoms in total. The highest BCUT2D eigenvalue weighted by Crippen LogP contribution is 2.32. The molecule has 4 rings (SSSR count). The summed E-state index contributed by atoms with van der Waals surface area (Å²) in [7, 11) is 0. The summed E-state index contributed by atoms with van der Waals surface area (Å²) < 4.78 is 16.7. The monoisotopic (exact) mass is 408 g/mol. The first-order valence-electron chi connectivity index (χ1n) is 10.8. The Hall–Kier alpha value is -2.76.